The number of nitrogens with one attached hydrogen (secondary N) is 1. The molecule has 3 aromatic rings. The molecule has 0 aliphatic rings. The van der Waals surface area contributed by atoms with Crippen LogP contribution < -0.4 is 5.32 Å². The molecule has 2 heterocycles. The Morgan fingerprint density at radius 2 is 1.86 bits per heavy atom. The number of nitro groups is 1. The highest BCUT2D eigenvalue weighted by Gasteiger charge is 2.26. The summed E-state index contributed by atoms with van der Waals surface area (Å²) in [6.45, 7) is 2.68. The van der Waals surface area contributed by atoms with E-state index in [0.29, 0.717) is 17.1 Å². The van der Waals surface area contributed by atoms with E-state index in [1.54, 1.807) is 31.4 Å². The second kappa shape index (κ2) is 10.7. The summed E-state index contributed by atoms with van der Waals surface area (Å²) >= 11 is 1.04. The molecule has 3 rings (SSSR count). The molecular formula is C22H20N2O10S2. The Hall–Kier alpha value is -4.04. The van der Waals surface area contributed by atoms with E-state index >= 15 is 0 Å². The zero-order valence-corrected chi connectivity index (χ0v) is 20.9. The molecule has 0 saturated carbocycles. The first-order valence-corrected chi connectivity index (χ1v) is 13.0. The van der Waals surface area contributed by atoms with Gasteiger partial charge in [-0.15, -0.1) is 11.3 Å². The van der Waals surface area contributed by atoms with Crippen LogP contribution in [-0.4, -0.2) is 50.7 Å². The van der Waals surface area contributed by atoms with Crippen LogP contribution in [0.15, 0.2) is 45.0 Å². The Labute approximate surface area is 208 Å². The number of hydrogen-bond donors (Lipinski definition) is 1. The smallest absolute Gasteiger partial charge is 0.341 e. The molecule has 0 radical (unpaired) electrons. The van der Waals surface area contributed by atoms with Gasteiger partial charge >= 0.3 is 11.9 Å². The van der Waals surface area contributed by atoms with E-state index in [1.807, 2.05) is 0 Å². The lowest BCUT2D eigenvalue weighted by Crippen LogP contribution is -2.22. The van der Waals surface area contributed by atoms with Gasteiger partial charge in [0.25, 0.3) is 11.6 Å². The number of carbonyl (C=O) groups is 3. The fourth-order valence-electron chi connectivity index (χ4n) is 3.09. The highest BCUT2D eigenvalue weighted by atomic mass is 32.2. The van der Waals surface area contributed by atoms with Crippen LogP contribution in [0.4, 0.5) is 10.7 Å². The topological polar surface area (TPSA) is 172 Å². The summed E-state index contributed by atoms with van der Waals surface area (Å²) < 4.78 is 39.0. The van der Waals surface area contributed by atoms with Crippen LogP contribution in [0.5, 0.6) is 0 Å². The molecule has 2 aromatic heterocycles. The number of hydrogen-bond acceptors (Lipinski definition) is 11. The number of nitro benzene ring substituents is 1. The fourth-order valence-corrected chi connectivity index (χ4v) is 4.88. The maximum absolute atomic E-state index is 12.6. The third-order valence-corrected chi connectivity index (χ3v) is 6.69. The predicted octanol–water partition coefficient (Wildman–Crippen LogP) is 3.60. The molecule has 190 valence electrons. The Balaban J connectivity index is 1.76. The standard InChI is InChI=1S/C22H20N2O10S2/c1-4-32-22(27)19-14(16-7-5-12(2)34-16)11-35-20(19)23-18(25)10-33-21(26)13-6-8-17(36(3,30)31)15(9-13)24(28)29/h5-9,11H,4,10H2,1-3H3,(H,23,25). The molecule has 0 aliphatic carbocycles. The van der Waals surface area contributed by atoms with E-state index in [1.165, 1.54) is 0 Å². The highest BCUT2D eigenvalue weighted by Crippen LogP contribution is 2.37. The fraction of sp³-hybridized carbons (Fsp3) is 0.227. The Kier molecular flexibility index (Phi) is 7.90. The minimum atomic E-state index is -3.91. The summed E-state index contributed by atoms with van der Waals surface area (Å²) in [5, 5.41) is 15.5. The molecule has 1 aromatic carbocycles. The quantitative estimate of drug-likeness (QED) is 0.242. The number of benzene rings is 1. The number of esters is 2. The molecule has 0 saturated heterocycles. The van der Waals surface area contributed by atoms with Gasteiger partial charge in [-0.25, -0.2) is 18.0 Å². The third-order valence-electron chi connectivity index (χ3n) is 4.65. The van der Waals surface area contributed by atoms with E-state index in [0.717, 1.165) is 35.8 Å². The number of rotatable bonds is 9. The van der Waals surface area contributed by atoms with E-state index in [-0.39, 0.29) is 22.7 Å². The van der Waals surface area contributed by atoms with Crippen molar-refractivity contribution in [2.24, 2.45) is 0 Å². The minimum Gasteiger partial charge on any atom is -0.462 e. The average Bonchev–Trinajstić information content (AvgIpc) is 3.42. The second-order valence-electron chi connectivity index (χ2n) is 7.32. The van der Waals surface area contributed by atoms with Crippen molar-refractivity contribution in [2.45, 2.75) is 18.7 Å². The van der Waals surface area contributed by atoms with Gasteiger partial charge in [-0.1, -0.05) is 0 Å². The van der Waals surface area contributed by atoms with Crippen molar-refractivity contribution in [3.8, 4) is 11.3 Å². The lowest BCUT2D eigenvalue weighted by molar-refractivity contribution is -0.387. The van der Waals surface area contributed by atoms with Crippen LogP contribution in [0.3, 0.4) is 0 Å². The van der Waals surface area contributed by atoms with Crippen molar-refractivity contribution in [3.63, 3.8) is 0 Å². The van der Waals surface area contributed by atoms with E-state index in [9.17, 15) is 32.9 Å². The van der Waals surface area contributed by atoms with Gasteiger partial charge < -0.3 is 19.2 Å². The highest BCUT2D eigenvalue weighted by molar-refractivity contribution is 7.90. The minimum absolute atomic E-state index is 0.0721. The van der Waals surface area contributed by atoms with Crippen molar-refractivity contribution in [1.29, 1.82) is 0 Å². The van der Waals surface area contributed by atoms with Crippen LogP contribution in [0, 0.1) is 17.0 Å². The van der Waals surface area contributed by atoms with Gasteiger partial charge in [0.15, 0.2) is 16.4 Å². The van der Waals surface area contributed by atoms with E-state index in [4.69, 9.17) is 13.9 Å². The number of furan rings is 1. The van der Waals surface area contributed by atoms with Crippen LogP contribution in [-0.2, 0) is 24.1 Å². The van der Waals surface area contributed by atoms with Crippen molar-refractivity contribution in [3.05, 3.63) is 62.7 Å². The Morgan fingerprint density at radius 1 is 1.14 bits per heavy atom. The van der Waals surface area contributed by atoms with Crippen molar-refractivity contribution in [1.82, 2.24) is 0 Å². The monoisotopic (exact) mass is 536 g/mol. The predicted molar refractivity (Wildman–Crippen MR) is 128 cm³/mol. The molecule has 0 unspecified atom stereocenters. The zero-order chi connectivity index (χ0) is 26.6. The van der Waals surface area contributed by atoms with Crippen LogP contribution >= 0.6 is 11.3 Å². The molecule has 14 heteroatoms. The number of carbonyl (C=O) groups excluding carboxylic acids is 3. The van der Waals surface area contributed by atoms with Gasteiger partial charge in [-0.3, -0.25) is 14.9 Å². The SMILES string of the molecule is CCOC(=O)c1c(-c2ccc(C)o2)csc1NC(=O)COC(=O)c1ccc(S(C)(=O)=O)c([N+](=O)[O-])c1. The van der Waals surface area contributed by atoms with Crippen LogP contribution in [0.2, 0.25) is 0 Å². The van der Waals surface area contributed by atoms with Gasteiger partial charge in [0.1, 0.15) is 27.0 Å². The van der Waals surface area contributed by atoms with Gasteiger partial charge in [0.05, 0.1) is 17.1 Å². The molecule has 0 aliphatic heterocycles. The van der Waals surface area contributed by atoms with Gasteiger partial charge in [0.2, 0.25) is 0 Å². The first kappa shape index (κ1) is 26.6. The summed E-state index contributed by atoms with van der Waals surface area (Å²) in [6, 6.07) is 6.10. The first-order chi connectivity index (χ1) is 16.9. The van der Waals surface area contributed by atoms with Crippen LogP contribution in [0.1, 0.15) is 33.4 Å². The van der Waals surface area contributed by atoms with Gasteiger partial charge in [-0.2, -0.15) is 0 Å². The number of sulfone groups is 1. The number of thiophene rings is 1. The maximum atomic E-state index is 12.6. The largest absolute Gasteiger partial charge is 0.462 e. The number of amides is 1. The molecule has 0 spiro atoms. The maximum Gasteiger partial charge on any atom is 0.341 e. The molecule has 0 bridgehead atoms. The molecule has 12 nitrogen and oxygen atoms in total. The molecule has 36 heavy (non-hydrogen) atoms. The molecular weight excluding hydrogens is 516 g/mol. The van der Waals surface area contributed by atoms with E-state index in [2.05, 4.69) is 5.32 Å². The summed E-state index contributed by atoms with van der Waals surface area (Å²) in [5.41, 5.74) is -0.629. The summed E-state index contributed by atoms with van der Waals surface area (Å²) in [4.78, 5) is 47.1. The second-order valence-corrected chi connectivity index (χ2v) is 10.2. The molecule has 1 amide bonds. The normalized spacial score (nSPS) is 11.1. The summed E-state index contributed by atoms with van der Waals surface area (Å²) in [7, 11) is -3.91. The van der Waals surface area contributed by atoms with Gasteiger partial charge in [0, 0.05) is 23.3 Å². The van der Waals surface area contributed by atoms with Crippen molar-refractivity contribution < 1.29 is 41.6 Å². The lowest BCUT2D eigenvalue weighted by atomic mass is 10.1. The van der Waals surface area contributed by atoms with Crippen LogP contribution in [0.25, 0.3) is 11.3 Å². The molecule has 0 atom stereocenters. The van der Waals surface area contributed by atoms with E-state index < -0.39 is 49.8 Å². The number of anilines is 1. The third kappa shape index (κ3) is 5.95. The summed E-state index contributed by atoms with van der Waals surface area (Å²) in [6.07, 6.45) is 0.797. The Bertz CT molecular complexity index is 1450. The number of ether oxygens (including phenoxy) is 2. The number of nitrogens with zero attached hydrogens (tertiary/aromatic N) is 1. The lowest BCUT2D eigenvalue weighted by Gasteiger charge is -2.09. The molecule has 0 fully saturated rings. The average molecular weight is 537 g/mol. The van der Waals surface area contributed by atoms with Gasteiger partial charge in [-0.05, 0) is 38.1 Å². The first-order valence-electron chi connectivity index (χ1n) is 10.2. The number of aryl methyl sites for hydroxylation is 1. The molecule has 1 N–H and O–H groups in total. The van der Waals surface area contributed by atoms with Crippen molar-refractivity contribution >= 4 is 49.7 Å². The zero-order valence-electron chi connectivity index (χ0n) is 19.2. The summed E-state index contributed by atoms with van der Waals surface area (Å²) in [5.74, 6) is -1.54. The van der Waals surface area contributed by atoms with Crippen molar-refractivity contribution in [2.75, 3.05) is 24.8 Å². The Morgan fingerprint density at radius 3 is 2.44 bits per heavy atom.